The summed E-state index contributed by atoms with van der Waals surface area (Å²) in [7, 11) is 1.60. The fraction of sp³-hybridized carbons (Fsp3) is 0.333. The molecule has 5 rings (SSSR count). The Balaban J connectivity index is 1.46. The number of thioether (sulfide) groups is 1. The molecule has 0 fully saturated rings. The van der Waals surface area contributed by atoms with Crippen LogP contribution in [-0.4, -0.2) is 38.6 Å². The van der Waals surface area contributed by atoms with Gasteiger partial charge in [-0.25, -0.2) is 23.7 Å². The Morgan fingerprint density at radius 3 is 2.73 bits per heavy atom. The van der Waals surface area contributed by atoms with Gasteiger partial charge in [0.05, 0.1) is 18.3 Å². The number of rotatable bonds is 8. The molecule has 3 N–H and O–H groups in total. The molecule has 0 saturated carbocycles. The summed E-state index contributed by atoms with van der Waals surface area (Å²) in [5.74, 6) is -1.28. The quantitative estimate of drug-likeness (QED) is 0.216. The summed E-state index contributed by atoms with van der Waals surface area (Å²) in [4.78, 5) is 17.9. The van der Waals surface area contributed by atoms with Gasteiger partial charge in [-0.15, -0.1) is 11.3 Å². The molecule has 0 bridgehead atoms. The number of nitrogens with zero attached hydrogens (tertiary/aromatic N) is 4. The van der Waals surface area contributed by atoms with E-state index in [4.69, 9.17) is 15.2 Å². The van der Waals surface area contributed by atoms with Crippen LogP contribution >= 0.6 is 39.0 Å². The predicted molar refractivity (Wildman–Crippen MR) is 159 cm³/mol. The van der Waals surface area contributed by atoms with Crippen LogP contribution in [0.4, 0.5) is 20.3 Å². The number of methoxy groups -OCH3 is 1. The Morgan fingerprint density at radius 1 is 1.20 bits per heavy atom. The number of ether oxygens (including phenoxy) is 2. The van der Waals surface area contributed by atoms with Gasteiger partial charge in [0.1, 0.15) is 27.5 Å². The summed E-state index contributed by atoms with van der Waals surface area (Å²) < 4.78 is 42.0. The highest BCUT2D eigenvalue weighted by Gasteiger charge is 2.50. The Hall–Kier alpha value is -2.87. The minimum absolute atomic E-state index is 0.0887. The first kappa shape index (κ1) is 28.7. The predicted octanol–water partition coefficient (Wildman–Crippen LogP) is 6.77. The number of aliphatic imine (C=N–C) groups is 1. The molecule has 4 aromatic rings. The highest BCUT2D eigenvalue weighted by molar-refractivity contribution is 9.10. The summed E-state index contributed by atoms with van der Waals surface area (Å²) in [6.45, 7) is 6.38. The molecule has 0 radical (unpaired) electrons. The van der Waals surface area contributed by atoms with Crippen LogP contribution in [0.2, 0.25) is 0 Å². The van der Waals surface area contributed by atoms with E-state index in [1.807, 2.05) is 25.3 Å². The van der Waals surface area contributed by atoms with E-state index in [9.17, 15) is 0 Å². The number of aromatic nitrogens is 3. The fourth-order valence-corrected chi connectivity index (χ4v) is 7.35. The molecule has 4 heterocycles. The van der Waals surface area contributed by atoms with Crippen LogP contribution in [0.5, 0.6) is 5.75 Å². The monoisotopic (exact) mass is 648 g/mol. The number of nitrogens with two attached hydrogens (primary N) is 1. The van der Waals surface area contributed by atoms with Gasteiger partial charge in [0.15, 0.2) is 22.6 Å². The van der Waals surface area contributed by atoms with Crippen molar-refractivity contribution in [1.82, 2.24) is 15.0 Å². The SMILES string of the molecule is COC[C@@]1(C)SC(N)=N[C@](C)(c2cc(Nc3nccc4cc(OCc5nc(Br)cs5)cnc34)cc(F)c2F)[C@@H]1C. The summed E-state index contributed by atoms with van der Waals surface area (Å²) in [6.07, 6.45) is 3.20. The molecular formula is C27H27BrF2N6O2S2. The van der Waals surface area contributed by atoms with Crippen LogP contribution in [0.3, 0.4) is 0 Å². The normalized spacial score (nSPS) is 22.8. The number of amidine groups is 1. The van der Waals surface area contributed by atoms with Crippen LogP contribution < -0.4 is 15.8 Å². The second-order valence-electron chi connectivity index (χ2n) is 9.87. The highest BCUT2D eigenvalue weighted by atomic mass is 79.9. The molecule has 8 nitrogen and oxygen atoms in total. The van der Waals surface area contributed by atoms with E-state index < -0.39 is 21.9 Å². The lowest BCUT2D eigenvalue weighted by Crippen LogP contribution is -2.50. The van der Waals surface area contributed by atoms with Gasteiger partial charge in [-0.3, -0.25) is 4.99 Å². The average Bonchev–Trinajstić information content (AvgIpc) is 3.33. The van der Waals surface area contributed by atoms with E-state index in [1.165, 1.54) is 23.1 Å². The third-order valence-corrected chi connectivity index (χ3v) is 9.94. The maximum atomic E-state index is 15.4. The van der Waals surface area contributed by atoms with E-state index >= 15 is 8.78 Å². The molecule has 0 saturated heterocycles. The Labute approximate surface area is 247 Å². The molecule has 3 atom stereocenters. The van der Waals surface area contributed by atoms with E-state index in [0.717, 1.165) is 21.1 Å². The second-order valence-corrected chi connectivity index (χ2v) is 13.2. The van der Waals surface area contributed by atoms with Crippen LogP contribution in [0.1, 0.15) is 31.3 Å². The summed E-state index contributed by atoms with van der Waals surface area (Å²) in [5, 5.41) is 6.88. The van der Waals surface area contributed by atoms with E-state index in [0.29, 0.717) is 41.2 Å². The summed E-state index contributed by atoms with van der Waals surface area (Å²) in [5.41, 5.74) is 5.98. The third-order valence-electron chi connectivity index (χ3n) is 7.17. The number of anilines is 2. The lowest BCUT2D eigenvalue weighted by molar-refractivity contribution is 0.124. The zero-order valence-electron chi connectivity index (χ0n) is 22.2. The average molecular weight is 650 g/mol. The second kappa shape index (κ2) is 11.2. The van der Waals surface area contributed by atoms with E-state index in [-0.39, 0.29) is 11.5 Å². The number of pyridine rings is 2. The van der Waals surface area contributed by atoms with Crippen molar-refractivity contribution in [1.29, 1.82) is 0 Å². The van der Waals surface area contributed by atoms with Gasteiger partial charge in [0, 0.05) is 52.1 Å². The van der Waals surface area contributed by atoms with Gasteiger partial charge < -0.3 is 20.5 Å². The first-order chi connectivity index (χ1) is 19.0. The first-order valence-corrected chi connectivity index (χ1v) is 14.8. The smallest absolute Gasteiger partial charge is 0.164 e. The van der Waals surface area contributed by atoms with E-state index in [1.54, 1.807) is 38.6 Å². The van der Waals surface area contributed by atoms with Crippen molar-refractivity contribution >= 4 is 66.6 Å². The fourth-order valence-electron chi connectivity index (χ4n) is 4.88. The van der Waals surface area contributed by atoms with Crippen LogP contribution in [-0.2, 0) is 16.9 Å². The van der Waals surface area contributed by atoms with Crippen LogP contribution in [0.25, 0.3) is 10.9 Å². The topological polar surface area (TPSA) is 108 Å². The number of benzene rings is 1. The van der Waals surface area contributed by atoms with Crippen molar-refractivity contribution in [3.05, 3.63) is 68.8 Å². The third kappa shape index (κ3) is 5.52. The lowest BCUT2D eigenvalue weighted by Gasteiger charge is -2.47. The maximum Gasteiger partial charge on any atom is 0.164 e. The lowest BCUT2D eigenvalue weighted by atomic mass is 9.74. The number of nitrogens with one attached hydrogen (secondary N) is 1. The maximum absolute atomic E-state index is 15.4. The van der Waals surface area contributed by atoms with Crippen molar-refractivity contribution in [2.45, 2.75) is 37.7 Å². The first-order valence-electron chi connectivity index (χ1n) is 12.3. The number of thiazole rings is 1. The van der Waals surface area contributed by atoms with Crippen molar-refractivity contribution in [2.75, 3.05) is 19.0 Å². The largest absolute Gasteiger partial charge is 0.485 e. The van der Waals surface area contributed by atoms with Gasteiger partial charge in [-0.2, -0.15) is 0 Å². The van der Waals surface area contributed by atoms with Crippen LogP contribution in [0.15, 0.2) is 51.6 Å². The highest BCUT2D eigenvalue weighted by Crippen LogP contribution is 2.51. The Bertz CT molecular complexity index is 1600. The van der Waals surface area contributed by atoms with Gasteiger partial charge in [0.2, 0.25) is 0 Å². The molecule has 0 amide bonds. The molecule has 1 aliphatic heterocycles. The van der Waals surface area contributed by atoms with Gasteiger partial charge in [0.25, 0.3) is 0 Å². The number of halogens is 3. The molecule has 0 unspecified atom stereocenters. The molecule has 0 aliphatic carbocycles. The minimum Gasteiger partial charge on any atom is -0.485 e. The van der Waals surface area contributed by atoms with Gasteiger partial charge in [-0.1, -0.05) is 18.7 Å². The van der Waals surface area contributed by atoms with Crippen LogP contribution in [0, 0.1) is 17.6 Å². The number of hydrogen-bond donors (Lipinski definition) is 2. The Morgan fingerprint density at radius 2 is 2.00 bits per heavy atom. The molecule has 0 spiro atoms. The van der Waals surface area contributed by atoms with E-state index in [2.05, 4.69) is 41.2 Å². The van der Waals surface area contributed by atoms with Crippen molar-refractivity contribution < 1.29 is 18.3 Å². The van der Waals surface area contributed by atoms with Crippen molar-refractivity contribution in [3.8, 4) is 5.75 Å². The molecule has 3 aromatic heterocycles. The molecule has 210 valence electrons. The summed E-state index contributed by atoms with van der Waals surface area (Å²) in [6, 6.07) is 6.29. The molecule has 1 aliphatic rings. The molecular weight excluding hydrogens is 622 g/mol. The van der Waals surface area contributed by atoms with Crippen molar-refractivity contribution in [3.63, 3.8) is 0 Å². The molecule has 40 heavy (non-hydrogen) atoms. The van der Waals surface area contributed by atoms with Crippen molar-refractivity contribution in [2.24, 2.45) is 16.6 Å². The molecule has 13 heteroatoms. The Kier molecular flexibility index (Phi) is 8.01. The number of fused-ring (bicyclic) bond motifs is 1. The molecule has 1 aromatic carbocycles. The summed E-state index contributed by atoms with van der Waals surface area (Å²) >= 11 is 6.20. The van der Waals surface area contributed by atoms with Gasteiger partial charge >= 0.3 is 0 Å². The minimum atomic E-state index is -1.14. The zero-order chi connectivity index (χ0) is 28.7. The number of hydrogen-bond acceptors (Lipinski definition) is 10. The standard InChI is InChI=1S/C27H27BrF2N6O2S2/c1-14-26(2,13-37-4)40-25(31)36-27(14,3)18-8-16(9-19(29)22(18)30)34-24-23-15(5-6-32-24)7-17(10-33-23)38-11-21-35-20(28)12-39-21/h5-10,12,14H,11,13H2,1-4H3,(H2,31,36)(H,32,34)/t14-,26-,27+/m1/s1. The van der Waals surface area contributed by atoms with Gasteiger partial charge in [-0.05, 0) is 48.0 Å². The zero-order valence-corrected chi connectivity index (χ0v) is 25.4.